The van der Waals surface area contributed by atoms with Gasteiger partial charge in [0.1, 0.15) is 6.61 Å². The van der Waals surface area contributed by atoms with Crippen LogP contribution in [0.1, 0.15) is 12.8 Å². The van der Waals surface area contributed by atoms with E-state index in [0.717, 1.165) is 23.5 Å². The molecule has 0 aromatic carbocycles. The number of allylic oxidation sites excluding steroid dienone is 4. The average molecular weight is 192 g/mol. The Kier molecular flexibility index (Phi) is 1.91. The Morgan fingerprint density at radius 3 is 3.07 bits per heavy atom. The van der Waals surface area contributed by atoms with Gasteiger partial charge in [-0.3, -0.25) is 0 Å². The van der Waals surface area contributed by atoms with E-state index < -0.39 is 0 Å². The number of ether oxygens (including phenoxy) is 1. The van der Waals surface area contributed by atoms with E-state index in [2.05, 4.69) is 18.2 Å². The lowest BCUT2D eigenvalue weighted by Crippen LogP contribution is -2.18. The van der Waals surface area contributed by atoms with Gasteiger partial charge in [-0.05, 0) is 36.7 Å². The fourth-order valence-electron chi connectivity index (χ4n) is 3.37. The molecule has 3 aliphatic rings. The van der Waals surface area contributed by atoms with Gasteiger partial charge in [0.25, 0.3) is 0 Å². The van der Waals surface area contributed by atoms with Crippen LogP contribution in [0.15, 0.2) is 24.0 Å². The zero-order valence-electron chi connectivity index (χ0n) is 8.23. The summed E-state index contributed by atoms with van der Waals surface area (Å²) >= 11 is 0. The number of rotatable bonds is 3. The van der Waals surface area contributed by atoms with Gasteiger partial charge in [-0.25, -0.2) is 0 Å². The van der Waals surface area contributed by atoms with Gasteiger partial charge in [0.15, 0.2) is 0 Å². The molecule has 0 heterocycles. The van der Waals surface area contributed by atoms with E-state index in [4.69, 9.17) is 9.84 Å². The molecule has 2 nitrogen and oxygen atoms in total. The summed E-state index contributed by atoms with van der Waals surface area (Å²) in [5.41, 5.74) is 0. The molecular formula is C12H16O2. The van der Waals surface area contributed by atoms with Crippen LogP contribution in [0.5, 0.6) is 0 Å². The van der Waals surface area contributed by atoms with E-state index in [1.54, 1.807) is 0 Å². The van der Waals surface area contributed by atoms with Crippen LogP contribution >= 0.6 is 0 Å². The Hall–Kier alpha value is -0.760. The molecule has 4 atom stereocenters. The van der Waals surface area contributed by atoms with Crippen molar-refractivity contribution in [3.8, 4) is 0 Å². The molecule has 0 aromatic heterocycles. The Morgan fingerprint density at radius 1 is 1.36 bits per heavy atom. The smallest absolute Gasteiger partial charge is 0.111 e. The van der Waals surface area contributed by atoms with Gasteiger partial charge in [-0.2, -0.15) is 0 Å². The van der Waals surface area contributed by atoms with Gasteiger partial charge < -0.3 is 9.84 Å². The third kappa shape index (κ3) is 1.07. The lowest BCUT2D eigenvalue weighted by Gasteiger charge is -2.23. The van der Waals surface area contributed by atoms with E-state index in [1.165, 1.54) is 12.8 Å². The minimum atomic E-state index is 0.124. The zero-order valence-corrected chi connectivity index (χ0v) is 8.23. The first kappa shape index (κ1) is 8.54. The topological polar surface area (TPSA) is 29.5 Å². The third-order valence-electron chi connectivity index (χ3n) is 3.90. The second-order valence-electron chi connectivity index (χ2n) is 4.55. The molecule has 2 heteroatoms. The van der Waals surface area contributed by atoms with Crippen molar-refractivity contribution in [3.05, 3.63) is 24.0 Å². The normalized spacial score (nSPS) is 42.8. The monoisotopic (exact) mass is 192 g/mol. The van der Waals surface area contributed by atoms with Crippen LogP contribution in [0.25, 0.3) is 0 Å². The van der Waals surface area contributed by atoms with Crippen LogP contribution in [-0.2, 0) is 4.74 Å². The largest absolute Gasteiger partial charge is 0.496 e. The third-order valence-corrected chi connectivity index (χ3v) is 3.90. The average Bonchev–Trinajstić information content (AvgIpc) is 2.87. The van der Waals surface area contributed by atoms with E-state index in [9.17, 15) is 0 Å². The Labute approximate surface area is 84.3 Å². The van der Waals surface area contributed by atoms with E-state index in [1.807, 2.05) is 0 Å². The highest BCUT2D eigenvalue weighted by Crippen LogP contribution is 2.55. The Morgan fingerprint density at radius 2 is 2.21 bits per heavy atom. The van der Waals surface area contributed by atoms with Gasteiger partial charge in [0, 0.05) is 5.92 Å². The molecule has 0 aromatic rings. The number of fused-ring (bicyclic) bond motifs is 5. The summed E-state index contributed by atoms with van der Waals surface area (Å²) in [5, 5.41) is 8.73. The van der Waals surface area contributed by atoms with E-state index in [-0.39, 0.29) is 6.61 Å². The number of hydrogen-bond donors (Lipinski definition) is 1. The fraction of sp³-hybridized carbons (Fsp3) is 0.667. The lowest BCUT2D eigenvalue weighted by molar-refractivity contribution is 0.117. The standard InChI is InChI=1S/C12H16O2/c13-5-6-14-11-4-3-10-8-1-2-9(7-8)12(10)11/h1-2,4,8-10,12-13H,3,5-7H2. The molecule has 0 radical (unpaired) electrons. The molecule has 0 spiro atoms. The molecule has 0 amide bonds. The minimum Gasteiger partial charge on any atom is -0.496 e. The SMILES string of the molecule is OCCOC1=CCC2C3C=CC(C3)C12. The van der Waals surface area contributed by atoms with Crippen molar-refractivity contribution in [1.29, 1.82) is 0 Å². The molecule has 14 heavy (non-hydrogen) atoms. The molecule has 4 unspecified atom stereocenters. The molecule has 3 aliphatic carbocycles. The second-order valence-corrected chi connectivity index (χ2v) is 4.55. The quantitative estimate of drug-likeness (QED) is 0.690. The van der Waals surface area contributed by atoms with Gasteiger partial charge in [0.2, 0.25) is 0 Å². The lowest BCUT2D eigenvalue weighted by atomic mass is 9.85. The fourth-order valence-corrected chi connectivity index (χ4v) is 3.37. The predicted molar refractivity (Wildman–Crippen MR) is 53.5 cm³/mol. The van der Waals surface area contributed by atoms with Gasteiger partial charge in [-0.15, -0.1) is 0 Å². The van der Waals surface area contributed by atoms with Crippen molar-refractivity contribution in [3.63, 3.8) is 0 Å². The molecule has 1 N–H and O–H groups in total. The highest BCUT2D eigenvalue weighted by Gasteiger charge is 2.48. The zero-order chi connectivity index (χ0) is 9.54. The van der Waals surface area contributed by atoms with Gasteiger partial charge in [0.05, 0.1) is 12.4 Å². The molecule has 0 saturated heterocycles. The van der Waals surface area contributed by atoms with E-state index >= 15 is 0 Å². The van der Waals surface area contributed by atoms with Crippen LogP contribution in [0.2, 0.25) is 0 Å². The van der Waals surface area contributed by atoms with Crippen molar-refractivity contribution in [2.45, 2.75) is 12.8 Å². The Balaban J connectivity index is 1.74. The summed E-state index contributed by atoms with van der Waals surface area (Å²) in [6, 6.07) is 0. The molecule has 76 valence electrons. The van der Waals surface area contributed by atoms with Gasteiger partial charge in [-0.1, -0.05) is 12.2 Å². The first-order valence-electron chi connectivity index (χ1n) is 5.52. The summed E-state index contributed by atoms with van der Waals surface area (Å²) in [6.07, 6.45) is 9.48. The predicted octanol–water partition coefficient (Wildman–Crippen LogP) is 1.72. The van der Waals surface area contributed by atoms with Crippen LogP contribution in [0.3, 0.4) is 0 Å². The maximum absolute atomic E-state index is 8.73. The van der Waals surface area contributed by atoms with Gasteiger partial charge >= 0.3 is 0 Å². The molecule has 1 fully saturated rings. The first-order chi connectivity index (χ1) is 6.90. The number of aliphatic hydroxyl groups excluding tert-OH is 1. The number of aliphatic hydroxyl groups is 1. The van der Waals surface area contributed by atoms with Crippen LogP contribution in [0, 0.1) is 23.7 Å². The van der Waals surface area contributed by atoms with Crippen LogP contribution in [-0.4, -0.2) is 18.3 Å². The van der Waals surface area contributed by atoms with E-state index in [0.29, 0.717) is 12.5 Å². The number of hydrogen-bond acceptors (Lipinski definition) is 2. The molecule has 0 aliphatic heterocycles. The van der Waals surface area contributed by atoms with Crippen molar-refractivity contribution >= 4 is 0 Å². The van der Waals surface area contributed by atoms with Crippen molar-refractivity contribution < 1.29 is 9.84 Å². The summed E-state index contributed by atoms with van der Waals surface area (Å²) in [5.74, 6) is 4.12. The van der Waals surface area contributed by atoms with Crippen LogP contribution < -0.4 is 0 Å². The maximum atomic E-state index is 8.73. The second kappa shape index (κ2) is 3.13. The molecule has 2 bridgehead atoms. The van der Waals surface area contributed by atoms with Crippen molar-refractivity contribution in [1.82, 2.24) is 0 Å². The summed E-state index contributed by atoms with van der Waals surface area (Å²) in [6.45, 7) is 0.578. The summed E-state index contributed by atoms with van der Waals surface area (Å²) in [7, 11) is 0. The van der Waals surface area contributed by atoms with Crippen LogP contribution in [0.4, 0.5) is 0 Å². The Bertz CT molecular complexity index is 293. The van der Waals surface area contributed by atoms with Crippen molar-refractivity contribution in [2.24, 2.45) is 23.7 Å². The summed E-state index contributed by atoms with van der Waals surface area (Å²) < 4.78 is 5.60. The highest BCUT2D eigenvalue weighted by atomic mass is 16.5. The summed E-state index contributed by atoms with van der Waals surface area (Å²) in [4.78, 5) is 0. The first-order valence-corrected chi connectivity index (χ1v) is 5.52. The van der Waals surface area contributed by atoms with Crippen molar-refractivity contribution in [2.75, 3.05) is 13.2 Å². The molecule has 3 rings (SSSR count). The molecule has 1 saturated carbocycles. The molecular weight excluding hydrogens is 176 g/mol. The minimum absolute atomic E-state index is 0.124. The highest BCUT2D eigenvalue weighted by molar-refractivity contribution is 5.25. The maximum Gasteiger partial charge on any atom is 0.111 e.